The normalized spacial score (nSPS) is 19.0. The van der Waals surface area contributed by atoms with E-state index in [0.29, 0.717) is 6.04 Å². The molecule has 1 aromatic carbocycles. The van der Waals surface area contributed by atoms with Crippen molar-refractivity contribution in [3.8, 4) is 5.75 Å². The van der Waals surface area contributed by atoms with Crippen LogP contribution < -0.4 is 4.74 Å². The largest absolute Gasteiger partial charge is 0.497 e. The summed E-state index contributed by atoms with van der Waals surface area (Å²) >= 11 is 0. The molecule has 1 saturated heterocycles. The maximum absolute atomic E-state index is 13.2. The maximum Gasteiger partial charge on any atom is 0.160 e. The number of alkyl halides is 1. The van der Waals surface area contributed by atoms with Gasteiger partial charge in [-0.25, -0.2) is 14.4 Å². The number of benzene rings is 1. The number of aromatic nitrogens is 3. The summed E-state index contributed by atoms with van der Waals surface area (Å²) in [6, 6.07) is 8.67. The van der Waals surface area contributed by atoms with Gasteiger partial charge in [-0.1, -0.05) is 12.1 Å². The first-order valence-corrected chi connectivity index (χ1v) is 10.1. The van der Waals surface area contributed by atoms with E-state index in [-0.39, 0.29) is 5.82 Å². The molecule has 5 nitrogen and oxygen atoms in total. The van der Waals surface area contributed by atoms with E-state index in [9.17, 15) is 4.39 Å². The van der Waals surface area contributed by atoms with Crippen molar-refractivity contribution < 1.29 is 9.13 Å². The summed E-state index contributed by atoms with van der Waals surface area (Å²) in [4.78, 5) is 11.4. The van der Waals surface area contributed by atoms with Gasteiger partial charge < -0.3 is 9.30 Å². The van der Waals surface area contributed by atoms with Gasteiger partial charge >= 0.3 is 0 Å². The van der Waals surface area contributed by atoms with Crippen LogP contribution in [0, 0.1) is 0 Å². The van der Waals surface area contributed by atoms with E-state index < -0.39 is 6.67 Å². The molecule has 2 aliphatic rings. The van der Waals surface area contributed by atoms with Gasteiger partial charge in [-0.2, -0.15) is 0 Å². The molecule has 3 aromatic rings. The first-order valence-electron chi connectivity index (χ1n) is 10.1. The number of ether oxygens (including phenoxy) is 1. The zero-order valence-electron chi connectivity index (χ0n) is 16.2. The van der Waals surface area contributed by atoms with Crippen LogP contribution in [0.4, 0.5) is 4.39 Å². The molecule has 2 aromatic heterocycles. The van der Waals surface area contributed by atoms with Gasteiger partial charge in [0.15, 0.2) is 5.82 Å². The van der Waals surface area contributed by atoms with Gasteiger partial charge in [-0.15, -0.1) is 0 Å². The number of halogens is 1. The first-order chi connectivity index (χ1) is 13.8. The predicted octanol–water partition coefficient (Wildman–Crippen LogP) is 3.85. The molecule has 2 aliphatic heterocycles. The fourth-order valence-corrected chi connectivity index (χ4v) is 4.88. The molecule has 1 unspecified atom stereocenters. The maximum atomic E-state index is 13.2. The Labute approximate surface area is 164 Å². The van der Waals surface area contributed by atoms with Crippen molar-refractivity contribution in [1.82, 2.24) is 19.4 Å². The van der Waals surface area contributed by atoms with E-state index in [0.717, 1.165) is 49.3 Å². The Kier molecular flexibility index (Phi) is 4.51. The van der Waals surface area contributed by atoms with Crippen LogP contribution >= 0.6 is 0 Å². The summed E-state index contributed by atoms with van der Waals surface area (Å²) in [6.07, 6.45) is 6.17. The highest BCUT2D eigenvalue weighted by Gasteiger charge is 2.36. The van der Waals surface area contributed by atoms with Crippen molar-refractivity contribution >= 4 is 11.0 Å². The lowest BCUT2D eigenvalue weighted by Gasteiger charge is -2.30. The summed E-state index contributed by atoms with van der Waals surface area (Å²) in [5.74, 6) is 1.17. The quantitative estimate of drug-likeness (QED) is 0.674. The van der Waals surface area contributed by atoms with E-state index in [1.54, 1.807) is 7.11 Å². The molecule has 1 atom stereocenters. The lowest BCUT2D eigenvalue weighted by Crippen LogP contribution is -2.31. The van der Waals surface area contributed by atoms with Crippen LogP contribution in [0.2, 0.25) is 0 Å². The molecule has 146 valence electrons. The van der Waals surface area contributed by atoms with Crippen LogP contribution in [0.25, 0.3) is 11.0 Å². The zero-order chi connectivity index (χ0) is 19.1. The molecule has 0 amide bonds. The number of rotatable bonds is 5. The Bertz CT molecular complexity index is 998. The molecule has 0 N–H and O–H groups in total. The summed E-state index contributed by atoms with van der Waals surface area (Å²) < 4.78 is 20.9. The van der Waals surface area contributed by atoms with Crippen LogP contribution in [-0.4, -0.2) is 39.6 Å². The standard InChI is InChI=1S/C22H25FN4O/c1-28-16-6-4-15(5-7-16)8-12-27-18-9-11-26-10-2-3-17(26)21(18)22-19(27)14-24-20(13-23)25-22/h4-7,14,17H,2-3,8-13H2,1H3. The van der Waals surface area contributed by atoms with Crippen LogP contribution in [0.3, 0.4) is 0 Å². The minimum absolute atomic E-state index is 0.290. The van der Waals surface area contributed by atoms with E-state index in [1.807, 2.05) is 18.3 Å². The van der Waals surface area contributed by atoms with E-state index in [4.69, 9.17) is 4.74 Å². The number of hydrogen-bond donors (Lipinski definition) is 0. The molecule has 1 fully saturated rings. The number of nitrogens with zero attached hydrogens (tertiary/aromatic N) is 4. The third-order valence-electron chi connectivity index (χ3n) is 6.24. The van der Waals surface area contributed by atoms with Crippen LogP contribution in [-0.2, 0) is 26.1 Å². The van der Waals surface area contributed by atoms with Gasteiger partial charge in [0.05, 0.1) is 24.3 Å². The van der Waals surface area contributed by atoms with E-state index in [1.165, 1.54) is 29.7 Å². The lowest BCUT2D eigenvalue weighted by atomic mass is 9.98. The lowest BCUT2D eigenvalue weighted by molar-refractivity contribution is 0.241. The number of hydrogen-bond acceptors (Lipinski definition) is 4. The van der Waals surface area contributed by atoms with E-state index >= 15 is 0 Å². The fraction of sp³-hybridized carbons (Fsp3) is 0.455. The second-order valence-electron chi connectivity index (χ2n) is 7.71. The summed E-state index contributed by atoms with van der Waals surface area (Å²) in [7, 11) is 1.69. The van der Waals surface area contributed by atoms with Crippen molar-refractivity contribution in [3.63, 3.8) is 0 Å². The highest BCUT2D eigenvalue weighted by molar-refractivity contribution is 5.82. The number of methoxy groups -OCH3 is 1. The van der Waals surface area contributed by atoms with E-state index in [2.05, 4.69) is 31.6 Å². The Balaban J connectivity index is 1.54. The monoisotopic (exact) mass is 380 g/mol. The molecule has 4 heterocycles. The zero-order valence-corrected chi connectivity index (χ0v) is 16.2. The average Bonchev–Trinajstić information content (AvgIpc) is 3.34. The summed E-state index contributed by atoms with van der Waals surface area (Å²) in [5.41, 5.74) is 5.98. The number of fused-ring (bicyclic) bond motifs is 5. The Morgan fingerprint density at radius 1 is 1.21 bits per heavy atom. The average molecular weight is 380 g/mol. The Hall–Kier alpha value is -2.47. The van der Waals surface area contributed by atoms with Crippen molar-refractivity contribution in [2.75, 3.05) is 20.2 Å². The molecule has 0 radical (unpaired) electrons. The van der Waals surface area contributed by atoms with Crippen LogP contribution in [0.15, 0.2) is 30.5 Å². The highest BCUT2D eigenvalue weighted by Crippen LogP contribution is 2.42. The molecule has 0 aliphatic carbocycles. The van der Waals surface area contributed by atoms with Crippen molar-refractivity contribution in [2.45, 2.75) is 44.9 Å². The van der Waals surface area contributed by atoms with Gasteiger partial charge in [0, 0.05) is 36.8 Å². The van der Waals surface area contributed by atoms with Crippen LogP contribution in [0.5, 0.6) is 5.75 Å². The molecule has 6 heteroatoms. The molecule has 0 spiro atoms. The van der Waals surface area contributed by atoms with Gasteiger partial charge in [-0.05, 0) is 43.5 Å². The summed E-state index contributed by atoms with van der Waals surface area (Å²) in [5, 5.41) is 0. The molecule has 5 rings (SSSR count). The van der Waals surface area contributed by atoms with Crippen molar-refractivity contribution in [3.05, 3.63) is 53.1 Å². The topological polar surface area (TPSA) is 43.2 Å². The number of aryl methyl sites for hydroxylation is 2. The van der Waals surface area contributed by atoms with Gasteiger partial charge in [0.1, 0.15) is 12.4 Å². The predicted molar refractivity (Wildman–Crippen MR) is 106 cm³/mol. The Morgan fingerprint density at radius 2 is 2.07 bits per heavy atom. The van der Waals surface area contributed by atoms with Gasteiger partial charge in [0.2, 0.25) is 0 Å². The van der Waals surface area contributed by atoms with Gasteiger partial charge in [-0.3, -0.25) is 4.90 Å². The minimum atomic E-state index is -0.615. The van der Waals surface area contributed by atoms with Crippen LogP contribution in [0.1, 0.15) is 41.5 Å². The fourth-order valence-electron chi connectivity index (χ4n) is 4.88. The second-order valence-corrected chi connectivity index (χ2v) is 7.71. The molecule has 0 bridgehead atoms. The van der Waals surface area contributed by atoms with Crippen molar-refractivity contribution in [1.29, 1.82) is 0 Å². The third kappa shape index (κ3) is 2.87. The smallest absolute Gasteiger partial charge is 0.160 e. The SMILES string of the molecule is COc1ccc(CCn2c3c(c4nc(CF)ncc42)C2CCCN2CC3)cc1. The third-order valence-corrected chi connectivity index (χ3v) is 6.24. The van der Waals surface area contributed by atoms with Gasteiger partial charge in [0.25, 0.3) is 0 Å². The molecule has 28 heavy (non-hydrogen) atoms. The Morgan fingerprint density at radius 3 is 2.86 bits per heavy atom. The van der Waals surface area contributed by atoms with Crippen molar-refractivity contribution in [2.24, 2.45) is 0 Å². The highest BCUT2D eigenvalue weighted by atomic mass is 19.1. The molecule has 0 saturated carbocycles. The molecular formula is C22H25FN4O. The second kappa shape index (κ2) is 7.17. The summed E-state index contributed by atoms with van der Waals surface area (Å²) in [6.45, 7) is 2.52. The first kappa shape index (κ1) is 17.6. The minimum Gasteiger partial charge on any atom is -0.497 e. The molecular weight excluding hydrogens is 355 g/mol.